The lowest BCUT2D eigenvalue weighted by Gasteiger charge is -2.12. The van der Waals surface area contributed by atoms with Crippen molar-refractivity contribution in [1.29, 1.82) is 0 Å². The van der Waals surface area contributed by atoms with Gasteiger partial charge in [0.15, 0.2) is 0 Å². The lowest BCUT2D eigenvalue weighted by molar-refractivity contribution is -0.123. The number of rotatable bonds is 4. The van der Waals surface area contributed by atoms with Crippen LogP contribution in [0, 0.1) is 5.82 Å². The average molecular weight is 326 g/mol. The summed E-state index contributed by atoms with van der Waals surface area (Å²) < 4.78 is 18.9. The predicted octanol–water partition coefficient (Wildman–Crippen LogP) is 2.93. The van der Waals surface area contributed by atoms with Crippen LogP contribution in [0.4, 0.5) is 9.18 Å². The lowest BCUT2D eigenvalue weighted by atomic mass is 10.1. The average Bonchev–Trinajstić information content (AvgIpc) is 2.84. The molecule has 2 aromatic carbocycles. The van der Waals surface area contributed by atoms with E-state index in [-0.39, 0.29) is 17.8 Å². The number of imide groups is 1. The molecule has 1 fully saturated rings. The number of halogens is 1. The number of urea groups is 1. The Bertz CT molecular complexity index is 833. The second kappa shape index (κ2) is 6.54. The van der Waals surface area contributed by atoms with Gasteiger partial charge in [-0.1, -0.05) is 30.3 Å². The Hall–Kier alpha value is -3.15. The summed E-state index contributed by atoms with van der Waals surface area (Å²) in [5.41, 5.74) is 1.14. The fraction of sp³-hybridized carbons (Fsp3) is 0.111. The first-order valence-electron chi connectivity index (χ1n) is 7.30. The van der Waals surface area contributed by atoms with Crippen molar-refractivity contribution in [3.63, 3.8) is 0 Å². The highest BCUT2D eigenvalue weighted by Gasteiger charge is 2.33. The van der Waals surface area contributed by atoms with Crippen molar-refractivity contribution in [3.8, 4) is 5.75 Å². The molecule has 0 saturated carbocycles. The minimum absolute atomic E-state index is 0.118. The maximum Gasteiger partial charge on any atom is 0.329 e. The van der Waals surface area contributed by atoms with E-state index in [0.29, 0.717) is 11.3 Å². The molecule has 1 heterocycles. The van der Waals surface area contributed by atoms with E-state index in [0.717, 1.165) is 4.90 Å². The Kier molecular flexibility index (Phi) is 4.29. The quantitative estimate of drug-likeness (QED) is 0.694. The number of amides is 3. The Morgan fingerprint density at radius 2 is 1.96 bits per heavy atom. The molecular formula is C18H15FN2O3. The Balaban J connectivity index is 1.83. The van der Waals surface area contributed by atoms with E-state index in [1.165, 1.54) is 6.07 Å². The van der Waals surface area contributed by atoms with Crippen molar-refractivity contribution < 1.29 is 18.7 Å². The van der Waals surface area contributed by atoms with E-state index >= 15 is 0 Å². The highest BCUT2D eigenvalue weighted by molar-refractivity contribution is 6.13. The van der Waals surface area contributed by atoms with Gasteiger partial charge in [0.1, 0.15) is 17.3 Å². The predicted molar refractivity (Wildman–Crippen MR) is 86.5 cm³/mol. The van der Waals surface area contributed by atoms with Gasteiger partial charge in [-0.2, -0.15) is 0 Å². The number of benzene rings is 2. The van der Waals surface area contributed by atoms with Gasteiger partial charge >= 0.3 is 6.03 Å². The fourth-order valence-corrected chi connectivity index (χ4v) is 2.41. The number of hydrogen-bond donors (Lipinski definition) is 1. The standard InChI is InChI=1S/C18H15FN2O3/c1-24-14-7-4-5-12(9-14)10-16-17(22)21(18(23)20-16)11-13-6-2-3-8-15(13)19/h2-10H,11H2,1H3,(H,20,23). The van der Waals surface area contributed by atoms with Crippen LogP contribution >= 0.6 is 0 Å². The van der Waals surface area contributed by atoms with Gasteiger partial charge in [-0.25, -0.2) is 9.18 Å². The molecule has 0 atom stereocenters. The van der Waals surface area contributed by atoms with Gasteiger partial charge in [-0.3, -0.25) is 9.69 Å². The first-order valence-corrected chi connectivity index (χ1v) is 7.30. The van der Waals surface area contributed by atoms with Gasteiger partial charge in [0, 0.05) is 5.56 Å². The van der Waals surface area contributed by atoms with Crippen LogP contribution in [0.2, 0.25) is 0 Å². The third-order valence-corrected chi connectivity index (χ3v) is 3.65. The van der Waals surface area contributed by atoms with Crippen LogP contribution in [-0.4, -0.2) is 23.9 Å². The molecule has 3 amide bonds. The summed E-state index contributed by atoms with van der Waals surface area (Å²) in [5.74, 6) is -0.307. The molecule has 122 valence electrons. The number of hydrogen-bond acceptors (Lipinski definition) is 3. The highest BCUT2D eigenvalue weighted by atomic mass is 19.1. The summed E-state index contributed by atoms with van der Waals surface area (Å²) in [6, 6.07) is 12.6. The zero-order valence-electron chi connectivity index (χ0n) is 13.0. The van der Waals surface area contributed by atoms with Crippen LogP contribution in [0.15, 0.2) is 54.2 Å². The zero-order chi connectivity index (χ0) is 17.1. The minimum Gasteiger partial charge on any atom is -0.497 e. The van der Waals surface area contributed by atoms with Crippen LogP contribution in [0.1, 0.15) is 11.1 Å². The molecule has 24 heavy (non-hydrogen) atoms. The van der Waals surface area contributed by atoms with Crippen LogP contribution in [0.25, 0.3) is 6.08 Å². The second-order valence-electron chi connectivity index (χ2n) is 5.25. The summed E-state index contributed by atoms with van der Waals surface area (Å²) in [6.07, 6.45) is 1.56. The molecule has 0 aliphatic carbocycles. The molecule has 0 aromatic heterocycles. The molecule has 0 spiro atoms. The molecule has 5 nitrogen and oxygen atoms in total. The zero-order valence-corrected chi connectivity index (χ0v) is 13.0. The maximum absolute atomic E-state index is 13.7. The van der Waals surface area contributed by atoms with Crippen LogP contribution < -0.4 is 10.1 Å². The number of nitrogens with one attached hydrogen (secondary N) is 1. The first-order chi connectivity index (χ1) is 11.6. The molecule has 1 saturated heterocycles. The molecule has 6 heteroatoms. The van der Waals surface area contributed by atoms with Gasteiger partial charge in [0.05, 0.1) is 13.7 Å². The third kappa shape index (κ3) is 3.12. The van der Waals surface area contributed by atoms with Gasteiger partial charge in [-0.05, 0) is 29.8 Å². The number of methoxy groups -OCH3 is 1. The van der Waals surface area contributed by atoms with Gasteiger partial charge in [-0.15, -0.1) is 0 Å². The Morgan fingerprint density at radius 3 is 2.71 bits per heavy atom. The molecule has 1 aliphatic heterocycles. The van der Waals surface area contributed by atoms with Crippen molar-refractivity contribution >= 4 is 18.0 Å². The molecule has 3 rings (SSSR count). The van der Waals surface area contributed by atoms with E-state index in [9.17, 15) is 14.0 Å². The largest absolute Gasteiger partial charge is 0.497 e. The molecule has 1 N–H and O–H groups in total. The molecule has 0 unspecified atom stereocenters. The molecule has 0 bridgehead atoms. The monoisotopic (exact) mass is 326 g/mol. The molecule has 0 radical (unpaired) electrons. The van der Waals surface area contributed by atoms with Gasteiger partial charge < -0.3 is 10.1 Å². The topological polar surface area (TPSA) is 58.6 Å². The van der Waals surface area contributed by atoms with E-state index in [4.69, 9.17) is 4.74 Å². The van der Waals surface area contributed by atoms with Crippen LogP contribution in [0.5, 0.6) is 5.75 Å². The number of ether oxygens (including phenoxy) is 1. The first kappa shape index (κ1) is 15.7. The second-order valence-corrected chi connectivity index (χ2v) is 5.25. The third-order valence-electron chi connectivity index (χ3n) is 3.65. The summed E-state index contributed by atoms with van der Waals surface area (Å²) in [7, 11) is 1.55. The summed E-state index contributed by atoms with van der Waals surface area (Å²) >= 11 is 0. The van der Waals surface area contributed by atoms with Crippen molar-refractivity contribution in [2.75, 3.05) is 7.11 Å². The number of carbonyl (C=O) groups excluding carboxylic acids is 2. The SMILES string of the molecule is COc1cccc(C=C2NC(=O)N(Cc3ccccc3F)C2=O)c1. The summed E-state index contributed by atoms with van der Waals surface area (Å²) in [4.78, 5) is 25.4. The Labute approximate surface area is 138 Å². The molecule has 1 aliphatic rings. The van der Waals surface area contributed by atoms with E-state index < -0.39 is 17.8 Å². The Morgan fingerprint density at radius 1 is 1.17 bits per heavy atom. The highest BCUT2D eigenvalue weighted by Crippen LogP contribution is 2.20. The van der Waals surface area contributed by atoms with Crippen molar-refractivity contribution in [3.05, 3.63) is 71.2 Å². The smallest absolute Gasteiger partial charge is 0.329 e. The van der Waals surface area contributed by atoms with E-state index in [1.54, 1.807) is 55.7 Å². The number of carbonyl (C=O) groups is 2. The maximum atomic E-state index is 13.7. The van der Waals surface area contributed by atoms with E-state index in [1.807, 2.05) is 0 Å². The van der Waals surface area contributed by atoms with Crippen LogP contribution in [0.3, 0.4) is 0 Å². The molecular weight excluding hydrogens is 311 g/mol. The summed E-state index contributed by atoms with van der Waals surface area (Å²) in [5, 5.41) is 2.51. The van der Waals surface area contributed by atoms with Crippen molar-refractivity contribution in [1.82, 2.24) is 10.2 Å². The van der Waals surface area contributed by atoms with Crippen molar-refractivity contribution in [2.24, 2.45) is 0 Å². The lowest BCUT2D eigenvalue weighted by Crippen LogP contribution is -2.30. The summed E-state index contributed by atoms with van der Waals surface area (Å²) in [6.45, 7) is -0.118. The van der Waals surface area contributed by atoms with Crippen LogP contribution in [-0.2, 0) is 11.3 Å². The fourth-order valence-electron chi connectivity index (χ4n) is 2.41. The minimum atomic E-state index is -0.572. The number of nitrogens with zero attached hydrogens (tertiary/aromatic N) is 1. The van der Waals surface area contributed by atoms with Crippen molar-refractivity contribution in [2.45, 2.75) is 6.54 Å². The van der Waals surface area contributed by atoms with E-state index in [2.05, 4.69) is 5.32 Å². The molecule has 2 aromatic rings. The van der Waals surface area contributed by atoms with Gasteiger partial charge in [0.2, 0.25) is 0 Å². The van der Waals surface area contributed by atoms with Gasteiger partial charge in [0.25, 0.3) is 5.91 Å². The normalized spacial score (nSPS) is 15.8.